The Morgan fingerprint density at radius 3 is 0.978 bits per heavy atom. The molecule has 1 aliphatic rings. The summed E-state index contributed by atoms with van der Waals surface area (Å²) in [5.41, 5.74) is 20.5. The zero-order chi connectivity index (χ0) is 68.9. The summed E-state index contributed by atoms with van der Waals surface area (Å²) < 4.78 is 77.1. The van der Waals surface area contributed by atoms with Crippen LogP contribution in [0.5, 0.6) is 0 Å². The van der Waals surface area contributed by atoms with E-state index in [9.17, 15) is 0 Å². The van der Waals surface area contributed by atoms with E-state index in [1.54, 1.807) is 36.8 Å². The minimum atomic E-state index is -2.38. The Balaban J connectivity index is 0.00000931. The quantitative estimate of drug-likeness (QED) is 0.114. The molecule has 444 valence electrons. The third kappa shape index (κ3) is 12.9. The first-order valence-corrected chi connectivity index (χ1v) is 30.9. The van der Waals surface area contributed by atoms with Gasteiger partial charge in [-0.1, -0.05) is 245 Å². The number of benzene rings is 9. The number of pyridine rings is 3. The van der Waals surface area contributed by atoms with Crippen LogP contribution in [0.1, 0.15) is 135 Å². The molecule has 0 spiro atoms. The van der Waals surface area contributed by atoms with E-state index in [4.69, 9.17) is 27.3 Å². The second kappa shape index (κ2) is 25.9. The third-order valence-electron chi connectivity index (χ3n) is 18.0. The van der Waals surface area contributed by atoms with Gasteiger partial charge in [0.1, 0.15) is 0 Å². The monoisotopic (exact) mass is 1350 g/mol. The molecule has 0 bridgehead atoms. The van der Waals surface area contributed by atoms with Gasteiger partial charge in [0, 0.05) is 47.6 Å². The summed E-state index contributed by atoms with van der Waals surface area (Å²) in [5, 5.41) is 0. The fourth-order valence-electron chi connectivity index (χ4n) is 13.1. The summed E-state index contributed by atoms with van der Waals surface area (Å²) in [4.78, 5) is 14.5. The number of nitrogens with zero attached hydrogens (tertiary/aromatic N) is 3. The third-order valence-corrected chi connectivity index (χ3v) is 18.0. The first-order chi connectivity index (χ1) is 46.7. The van der Waals surface area contributed by atoms with Crippen molar-refractivity contribution >= 4 is 0 Å². The largest absolute Gasteiger partial charge is 3.00 e. The molecule has 0 amide bonds. The van der Waals surface area contributed by atoms with Gasteiger partial charge >= 0.3 is 20.1 Å². The number of aryl methyl sites for hydroxylation is 3. The van der Waals surface area contributed by atoms with Crippen LogP contribution in [0.15, 0.2) is 243 Å². The van der Waals surface area contributed by atoms with Gasteiger partial charge in [0.05, 0.1) is 0 Å². The van der Waals surface area contributed by atoms with Crippen LogP contribution >= 0.6 is 0 Å². The van der Waals surface area contributed by atoms with Gasteiger partial charge in [-0.3, -0.25) is 0 Å². The SMILES string of the molecule is [2H]C([2H])([2H])c1cc(-c2[c-]cc(-c3ccccc3C3CC(c4ccc(C(C)(C)C)cc4-c4c[c-]c(-c5cc(C([2H])([2H])[2H])c(-c6ccccc6)cn5)cc4)CC(c4ccc(C(C)(C)C)cc4-c4c[c-]c(-c5cc(C([2H])([2H])[2H])c(-c6ccccc6)cn5)cc4)C3)cc2)ncc1-c1ccccc1.[Ir+3]. The fourth-order valence-corrected chi connectivity index (χ4v) is 13.1. The Labute approximate surface area is 560 Å². The molecule has 0 N–H and O–H groups in total. The number of rotatable bonds is 12. The minimum absolute atomic E-state index is 0. The van der Waals surface area contributed by atoms with Gasteiger partial charge in [-0.2, -0.15) is 0 Å². The summed E-state index contributed by atoms with van der Waals surface area (Å²) in [6, 6.07) is 85.5. The molecule has 90 heavy (non-hydrogen) atoms. The van der Waals surface area contributed by atoms with Crippen molar-refractivity contribution in [1.29, 1.82) is 0 Å². The van der Waals surface area contributed by atoms with Crippen molar-refractivity contribution in [1.82, 2.24) is 15.0 Å². The molecular formula is C86H76IrN3. The Morgan fingerprint density at radius 2 is 0.656 bits per heavy atom. The predicted molar refractivity (Wildman–Crippen MR) is 372 cm³/mol. The van der Waals surface area contributed by atoms with Crippen LogP contribution in [0, 0.1) is 38.8 Å². The molecule has 4 heteroatoms. The van der Waals surface area contributed by atoms with E-state index in [-0.39, 0.29) is 65.4 Å². The van der Waals surface area contributed by atoms with Gasteiger partial charge < -0.3 is 15.0 Å². The van der Waals surface area contributed by atoms with E-state index in [2.05, 4.69) is 139 Å². The van der Waals surface area contributed by atoms with E-state index in [1.165, 1.54) is 27.8 Å². The topological polar surface area (TPSA) is 38.7 Å². The maximum Gasteiger partial charge on any atom is 3.00 e. The Kier molecular flexibility index (Phi) is 14.6. The summed E-state index contributed by atoms with van der Waals surface area (Å²) >= 11 is 0. The van der Waals surface area contributed by atoms with Gasteiger partial charge in [0.2, 0.25) is 0 Å². The van der Waals surface area contributed by atoms with E-state index < -0.39 is 20.6 Å². The standard InChI is InChI=1S/C86H76N3.Ir/c1-56-45-82(87-53-79(56)59-21-13-10-14-22-59)65-35-29-62(30-36-65)73-27-19-20-28-74(73)68-48-69(75-43-41-71(85(4,5)6)51-77(75)63-31-37-66(38-32-63)83-46-57(2)80(54-88-83)60-23-15-11-16-24-60)50-70(49-68)76-44-42-72(86(7,8)9)52-78(76)64-33-39-67(40-34-64)84-47-58(3)81(55-89-84)61-25-17-12-18-26-61;/h10-35,37,39,41-47,51-55,68-70H,48-50H2,1-9H3;/q-3;+3/i1D3,2D3,3D3;. The molecular weight excluding hydrogens is 1270 g/mol. The molecule has 0 saturated heterocycles. The molecule has 3 heterocycles. The molecule has 3 aromatic heterocycles. The van der Waals surface area contributed by atoms with Crippen molar-refractivity contribution in [3.63, 3.8) is 0 Å². The Hall–Kier alpha value is -8.92. The molecule has 13 rings (SSSR count). The molecule has 2 atom stereocenters. The molecule has 1 saturated carbocycles. The van der Waals surface area contributed by atoms with Gasteiger partial charge in [-0.15, -0.1) is 89.5 Å². The summed E-state index contributed by atoms with van der Waals surface area (Å²) in [5.74, 6) is 0.168. The maximum absolute atomic E-state index is 8.57. The first kappa shape index (κ1) is 50.9. The van der Waals surface area contributed by atoms with Crippen LogP contribution < -0.4 is 0 Å². The van der Waals surface area contributed by atoms with Crippen molar-refractivity contribution in [3.8, 4) is 101 Å². The van der Waals surface area contributed by atoms with Gasteiger partial charge in [-0.05, 0) is 147 Å². The molecule has 9 aromatic carbocycles. The number of hydrogen-bond acceptors (Lipinski definition) is 3. The summed E-state index contributed by atoms with van der Waals surface area (Å²) in [7, 11) is 0. The van der Waals surface area contributed by atoms with E-state index in [0.29, 0.717) is 50.5 Å². The average molecular weight is 1350 g/mol. The summed E-state index contributed by atoms with van der Waals surface area (Å²) in [6.07, 6.45) is 7.53. The van der Waals surface area contributed by atoms with Crippen LogP contribution in [0.2, 0.25) is 0 Å². The predicted octanol–water partition coefficient (Wildman–Crippen LogP) is 22.6. The van der Waals surface area contributed by atoms with Crippen LogP contribution in [-0.2, 0) is 30.9 Å². The van der Waals surface area contributed by atoms with Crippen molar-refractivity contribution in [2.24, 2.45) is 0 Å². The zero-order valence-corrected chi connectivity index (χ0v) is 54.0. The Bertz CT molecular complexity index is 4630. The summed E-state index contributed by atoms with van der Waals surface area (Å²) in [6.45, 7) is 6.33. The minimum Gasteiger partial charge on any atom is -0.304 e. The molecule has 0 aliphatic heterocycles. The zero-order valence-electron chi connectivity index (χ0n) is 60.6. The van der Waals surface area contributed by atoms with E-state index in [0.717, 1.165) is 69.3 Å². The van der Waals surface area contributed by atoms with Gasteiger partial charge in [0.15, 0.2) is 0 Å². The van der Waals surface area contributed by atoms with Crippen LogP contribution in [-0.4, -0.2) is 15.0 Å². The second-order valence-electron chi connectivity index (χ2n) is 25.9. The number of hydrogen-bond donors (Lipinski definition) is 0. The first-order valence-electron chi connectivity index (χ1n) is 35.4. The normalized spacial score (nSPS) is 17.0. The smallest absolute Gasteiger partial charge is 0.304 e. The fraction of sp³-hybridized carbons (Fsp3) is 0.198. The Morgan fingerprint density at radius 1 is 0.333 bits per heavy atom. The number of aromatic nitrogens is 3. The molecule has 1 fully saturated rings. The van der Waals surface area contributed by atoms with Crippen molar-refractivity contribution < 1.29 is 32.4 Å². The van der Waals surface area contributed by atoms with E-state index >= 15 is 0 Å². The molecule has 12 aromatic rings. The molecule has 2 unspecified atom stereocenters. The van der Waals surface area contributed by atoms with Crippen molar-refractivity contribution in [3.05, 3.63) is 306 Å². The van der Waals surface area contributed by atoms with Crippen LogP contribution in [0.4, 0.5) is 0 Å². The second-order valence-corrected chi connectivity index (χ2v) is 25.9. The molecule has 0 radical (unpaired) electrons. The van der Waals surface area contributed by atoms with Crippen LogP contribution in [0.3, 0.4) is 0 Å². The molecule has 1 aliphatic carbocycles. The van der Waals surface area contributed by atoms with Crippen LogP contribution in [0.25, 0.3) is 101 Å². The van der Waals surface area contributed by atoms with Gasteiger partial charge in [0.25, 0.3) is 0 Å². The molecule has 3 nitrogen and oxygen atoms in total. The average Bonchev–Trinajstić information content (AvgIpc) is 0.766. The maximum atomic E-state index is 8.57. The van der Waals surface area contributed by atoms with Crippen molar-refractivity contribution in [2.45, 2.75) is 110 Å². The van der Waals surface area contributed by atoms with Crippen molar-refractivity contribution in [2.75, 3.05) is 0 Å². The van der Waals surface area contributed by atoms with E-state index in [1.807, 2.05) is 127 Å². The van der Waals surface area contributed by atoms with Gasteiger partial charge in [-0.25, -0.2) is 0 Å².